The summed E-state index contributed by atoms with van der Waals surface area (Å²) in [6, 6.07) is 0. The van der Waals surface area contributed by atoms with Crippen LogP contribution in [0.4, 0.5) is 0 Å². The van der Waals surface area contributed by atoms with E-state index in [4.69, 9.17) is 0 Å². The number of rotatable bonds is 4. The lowest BCUT2D eigenvalue weighted by Gasteiger charge is -2.09. The number of carbonyl (C=O) groups is 2. The van der Waals surface area contributed by atoms with Crippen LogP contribution >= 0.6 is 0 Å². The molecule has 0 bridgehead atoms. The highest BCUT2D eigenvalue weighted by atomic mass is 16.2. The highest BCUT2D eigenvalue weighted by molar-refractivity contribution is 5.90. The third-order valence-electron chi connectivity index (χ3n) is 1.75. The second-order valence-corrected chi connectivity index (χ2v) is 3.13. The molecule has 0 aromatic carbocycles. The Hall–Kier alpha value is -1.92. The molecule has 15 heavy (non-hydrogen) atoms. The molecular formula is C8H13N5O2. The van der Waals surface area contributed by atoms with Crippen molar-refractivity contribution < 1.29 is 9.59 Å². The number of carbonyl (C=O) groups excluding carboxylic acids is 2. The van der Waals surface area contributed by atoms with E-state index in [1.54, 1.807) is 14.1 Å². The molecule has 0 fully saturated rings. The van der Waals surface area contributed by atoms with Gasteiger partial charge in [-0.25, -0.2) is 4.98 Å². The van der Waals surface area contributed by atoms with Crippen molar-refractivity contribution in [3.05, 3.63) is 12.2 Å². The predicted molar refractivity (Wildman–Crippen MR) is 52.0 cm³/mol. The smallest absolute Gasteiger partial charge is 0.288 e. The first-order valence-corrected chi connectivity index (χ1v) is 4.45. The van der Waals surface area contributed by atoms with Crippen molar-refractivity contribution in [3.8, 4) is 0 Å². The molecule has 0 unspecified atom stereocenters. The monoisotopic (exact) mass is 211 g/mol. The summed E-state index contributed by atoms with van der Waals surface area (Å²) in [5.74, 6) is -0.251. The van der Waals surface area contributed by atoms with Crippen LogP contribution in [0.1, 0.15) is 17.0 Å². The van der Waals surface area contributed by atoms with E-state index in [1.807, 2.05) is 0 Å². The minimum Gasteiger partial charge on any atom is -0.349 e. The van der Waals surface area contributed by atoms with Gasteiger partial charge in [-0.2, -0.15) is 5.10 Å². The van der Waals surface area contributed by atoms with Gasteiger partial charge in [-0.1, -0.05) is 0 Å². The Morgan fingerprint density at radius 2 is 2.27 bits per heavy atom. The number of hydrogen-bond acceptors (Lipinski definition) is 4. The summed E-state index contributed by atoms with van der Waals surface area (Å²) < 4.78 is 0. The van der Waals surface area contributed by atoms with E-state index in [9.17, 15) is 9.59 Å². The number of amides is 2. The third kappa shape index (κ3) is 3.37. The molecule has 0 aliphatic heterocycles. The minimum absolute atomic E-state index is 0.0344. The summed E-state index contributed by atoms with van der Waals surface area (Å²) in [5, 5.41) is 8.52. The number of aromatic nitrogens is 3. The van der Waals surface area contributed by atoms with Crippen molar-refractivity contribution >= 4 is 11.8 Å². The van der Waals surface area contributed by atoms with Crippen LogP contribution in [0.15, 0.2) is 6.33 Å². The molecular weight excluding hydrogens is 198 g/mol. The topological polar surface area (TPSA) is 91.0 Å². The normalized spacial score (nSPS) is 9.73. The quantitative estimate of drug-likeness (QED) is 0.669. The highest BCUT2D eigenvalue weighted by Gasteiger charge is 2.09. The zero-order valence-corrected chi connectivity index (χ0v) is 8.65. The molecule has 82 valence electrons. The zero-order valence-electron chi connectivity index (χ0n) is 8.65. The first-order chi connectivity index (χ1) is 7.11. The van der Waals surface area contributed by atoms with Crippen LogP contribution in [-0.2, 0) is 4.79 Å². The van der Waals surface area contributed by atoms with Gasteiger partial charge in [0.15, 0.2) is 0 Å². The van der Waals surface area contributed by atoms with E-state index in [2.05, 4.69) is 20.5 Å². The molecule has 0 aliphatic rings. The van der Waals surface area contributed by atoms with Gasteiger partial charge in [0, 0.05) is 27.1 Å². The fraction of sp³-hybridized carbons (Fsp3) is 0.500. The van der Waals surface area contributed by atoms with E-state index < -0.39 is 0 Å². The van der Waals surface area contributed by atoms with E-state index in [0.29, 0.717) is 0 Å². The van der Waals surface area contributed by atoms with Crippen LogP contribution in [-0.4, -0.2) is 52.5 Å². The minimum atomic E-state index is -0.362. The van der Waals surface area contributed by atoms with Crippen LogP contribution in [0.5, 0.6) is 0 Å². The molecule has 0 saturated heterocycles. The molecule has 2 N–H and O–H groups in total. The Kier molecular flexibility index (Phi) is 3.78. The van der Waals surface area contributed by atoms with Crippen LogP contribution in [0.3, 0.4) is 0 Å². The number of H-pyrrole nitrogens is 1. The van der Waals surface area contributed by atoms with Gasteiger partial charge in [0.2, 0.25) is 11.7 Å². The van der Waals surface area contributed by atoms with Gasteiger partial charge < -0.3 is 10.2 Å². The molecule has 1 aromatic rings. The standard InChI is InChI=1S/C8H13N5O2/c1-13(2)6(14)3-4-9-8(15)7-10-5-11-12-7/h5H,3-4H2,1-2H3,(H,9,15)(H,10,11,12). The molecule has 1 aromatic heterocycles. The van der Waals surface area contributed by atoms with Crippen molar-refractivity contribution in [2.45, 2.75) is 6.42 Å². The first kappa shape index (κ1) is 11.2. The number of aromatic amines is 1. The average Bonchev–Trinajstić information content (AvgIpc) is 2.70. The molecule has 7 heteroatoms. The van der Waals surface area contributed by atoms with Crippen LogP contribution in [0, 0.1) is 0 Å². The fourth-order valence-electron chi connectivity index (χ4n) is 0.905. The summed E-state index contributed by atoms with van der Waals surface area (Å²) in [5.41, 5.74) is 0. The number of nitrogens with one attached hydrogen (secondary N) is 2. The van der Waals surface area contributed by atoms with Gasteiger partial charge in [-0.15, -0.1) is 0 Å². The maximum atomic E-state index is 11.3. The lowest BCUT2D eigenvalue weighted by Crippen LogP contribution is -2.30. The second kappa shape index (κ2) is 5.08. The molecule has 0 aliphatic carbocycles. The van der Waals surface area contributed by atoms with Crippen molar-refractivity contribution in [2.24, 2.45) is 0 Å². The van der Waals surface area contributed by atoms with Gasteiger partial charge in [0.05, 0.1) is 0 Å². The van der Waals surface area contributed by atoms with E-state index in [1.165, 1.54) is 11.2 Å². The van der Waals surface area contributed by atoms with E-state index in [0.717, 1.165) is 0 Å². The number of hydrogen-bond donors (Lipinski definition) is 2. The SMILES string of the molecule is CN(C)C(=O)CCNC(=O)c1ncn[nH]1. The first-order valence-electron chi connectivity index (χ1n) is 4.45. The Bertz CT molecular complexity index is 333. The van der Waals surface area contributed by atoms with E-state index >= 15 is 0 Å². The Morgan fingerprint density at radius 1 is 1.53 bits per heavy atom. The molecule has 7 nitrogen and oxygen atoms in total. The van der Waals surface area contributed by atoms with Crippen LogP contribution in [0.2, 0.25) is 0 Å². The van der Waals surface area contributed by atoms with Gasteiger partial charge >= 0.3 is 0 Å². The highest BCUT2D eigenvalue weighted by Crippen LogP contribution is 1.88. The average molecular weight is 211 g/mol. The number of nitrogens with zero attached hydrogens (tertiary/aromatic N) is 3. The molecule has 0 saturated carbocycles. The second-order valence-electron chi connectivity index (χ2n) is 3.13. The molecule has 0 radical (unpaired) electrons. The van der Waals surface area contributed by atoms with E-state index in [-0.39, 0.29) is 30.6 Å². The summed E-state index contributed by atoms with van der Waals surface area (Å²) in [4.78, 5) is 27.6. The Labute approximate surface area is 86.9 Å². The van der Waals surface area contributed by atoms with Crippen molar-refractivity contribution in [1.82, 2.24) is 25.4 Å². The molecule has 0 spiro atoms. The summed E-state index contributed by atoms with van der Waals surface area (Å²) in [6.45, 7) is 0.288. The predicted octanol–water partition coefficient (Wildman–Crippen LogP) is -0.987. The van der Waals surface area contributed by atoms with Crippen LogP contribution in [0.25, 0.3) is 0 Å². The largest absolute Gasteiger partial charge is 0.349 e. The molecule has 0 atom stereocenters. The Balaban J connectivity index is 2.27. The van der Waals surface area contributed by atoms with Crippen molar-refractivity contribution in [3.63, 3.8) is 0 Å². The lowest BCUT2D eigenvalue weighted by molar-refractivity contribution is -0.128. The maximum Gasteiger partial charge on any atom is 0.288 e. The zero-order chi connectivity index (χ0) is 11.3. The summed E-state index contributed by atoms with van der Waals surface area (Å²) >= 11 is 0. The van der Waals surface area contributed by atoms with Gasteiger partial charge in [0.1, 0.15) is 6.33 Å². The Morgan fingerprint density at radius 3 is 2.80 bits per heavy atom. The van der Waals surface area contributed by atoms with Gasteiger partial charge in [0.25, 0.3) is 5.91 Å². The maximum absolute atomic E-state index is 11.3. The van der Waals surface area contributed by atoms with Crippen molar-refractivity contribution in [2.75, 3.05) is 20.6 Å². The summed E-state index contributed by atoms with van der Waals surface area (Å²) in [6.07, 6.45) is 1.52. The van der Waals surface area contributed by atoms with Gasteiger partial charge in [-0.3, -0.25) is 14.7 Å². The lowest BCUT2D eigenvalue weighted by atomic mass is 10.3. The van der Waals surface area contributed by atoms with Crippen LogP contribution < -0.4 is 5.32 Å². The van der Waals surface area contributed by atoms with Crippen molar-refractivity contribution in [1.29, 1.82) is 0 Å². The van der Waals surface area contributed by atoms with Gasteiger partial charge in [-0.05, 0) is 0 Å². The molecule has 2 amide bonds. The third-order valence-corrected chi connectivity index (χ3v) is 1.75. The molecule has 1 rings (SSSR count). The fourth-order valence-corrected chi connectivity index (χ4v) is 0.905. The summed E-state index contributed by atoms with van der Waals surface area (Å²) in [7, 11) is 3.33. The molecule has 1 heterocycles.